The first-order valence-corrected chi connectivity index (χ1v) is 9.81. The summed E-state index contributed by atoms with van der Waals surface area (Å²) in [7, 11) is -1.95. The summed E-state index contributed by atoms with van der Waals surface area (Å²) < 4.78 is 5.88. The summed E-state index contributed by atoms with van der Waals surface area (Å²) in [5.41, 5.74) is 9.42. The smallest absolute Gasteiger partial charge is 0.237 e. The number of nitrogens with one attached hydrogen (secondary N) is 1. The van der Waals surface area contributed by atoms with Crippen molar-refractivity contribution in [1.29, 1.82) is 0 Å². The maximum Gasteiger partial charge on any atom is 0.237 e. The van der Waals surface area contributed by atoms with Gasteiger partial charge in [-0.25, -0.2) is 5.48 Å². The standard InChI is InChI=1S/C15H26N2O2Si/c1-15(2,3)20(4,5)19-17-13(14(16)18)11-12-9-7-6-8-10-12/h6-10,13,17H,11H2,1-5H3,(H2,16,18)/t13-/m0/s1. The zero-order chi connectivity index (χ0) is 15.4. The fourth-order valence-electron chi connectivity index (χ4n) is 1.42. The number of benzene rings is 1. The van der Waals surface area contributed by atoms with Crippen molar-refractivity contribution in [2.24, 2.45) is 5.73 Å². The van der Waals surface area contributed by atoms with E-state index in [-0.39, 0.29) is 5.04 Å². The van der Waals surface area contributed by atoms with E-state index >= 15 is 0 Å². The van der Waals surface area contributed by atoms with Crippen molar-refractivity contribution in [1.82, 2.24) is 5.48 Å². The van der Waals surface area contributed by atoms with Gasteiger partial charge in [-0.3, -0.25) is 4.79 Å². The summed E-state index contributed by atoms with van der Waals surface area (Å²) in [4.78, 5) is 11.6. The van der Waals surface area contributed by atoms with Gasteiger partial charge in [0.25, 0.3) is 0 Å². The van der Waals surface area contributed by atoms with Crippen LogP contribution in [0.5, 0.6) is 0 Å². The zero-order valence-corrected chi connectivity index (χ0v) is 14.1. The molecule has 1 aromatic rings. The number of hydrogen-bond acceptors (Lipinski definition) is 3. The van der Waals surface area contributed by atoms with E-state index < -0.39 is 20.3 Å². The molecule has 3 N–H and O–H groups in total. The topological polar surface area (TPSA) is 64.3 Å². The molecule has 0 heterocycles. The number of carbonyl (C=O) groups excluding carboxylic acids is 1. The lowest BCUT2D eigenvalue weighted by Crippen LogP contribution is -2.51. The highest BCUT2D eigenvalue weighted by molar-refractivity contribution is 6.74. The SMILES string of the molecule is CC(C)(C)[Si](C)(C)ON[C@@H](Cc1ccccc1)C(N)=O. The Kier molecular flexibility index (Phi) is 5.50. The van der Waals surface area contributed by atoms with Crippen LogP contribution in [0, 0.1) is 0 Å². The molecule has 0 aliphatic rings. The fraction of sp³-hybridized carbons (Fsp3) is 0.533. The van der Waals surface area contributed by atoms with E-state index in [1.807, 2.05) is 30.3 Å². The molecule has 112 valence electrons. The Morgan fingerprint density at radius 1 is 1.30 bits per heavy atom. The number of rotatable bonds is 6. The Hall–Kier alpha value is -1.17. The van der Waals surface area contributed by atoms with Crippen molar-refractivity contribution >= 4 is 14.2 Å². The second-order valence-corrected chi connectivity index (χ2v) is 11.3. The van der Waals surface area contributed by atoms with Crippen molar-refractivity contribution < 1.29 is 9.32 Å². The molecule has 5 heteroatoms. The Balaban J connectivity index is 2.68. The highest BCUT2D eigenvalue weighted by atomic mass is 28.4. The number of nitrogens with two attached hydrogens (primary N) is 1. The first-order valence-electron chi connectivity index (χ1n) is 6.90. The second kappa shape index (κ2) is 6.52. The molecule has 0 spiro atoms. The molecule has 0 bridgehead atoms. The zero-order valence-electron chi connectivity index (χ0n) is 13.1. The largest absolute Gasteiger partial charge is 0.368 e. The summed E-state index contributed by atoms with van der Waals surface area (Å²) in [6, 6.07) is 9.28. The molecule has 1 atom stereocenters. The molecule has 1 amide bonds. The Morgan fingerprint density at radius 2 is 1.85 bits per heavy atom. The quantitative estimate of drug-likeness (QED) is 0.626. The predicted molar refractivity (Wildman–Crippen MR) is 84.5 cm³/mol. The Morgan fingerprint density at radius 3 is 2.30 bits per heavy atom. The van der Waals surface area contributed by atoms with Crippen molar-refractivity contribution in [2.45, 2.75) is 51.4 Å². The van der Waals surface area contributed by atoms with Crippen molar-refractivity contribution in [3.8, 4) is 0 Å². The van der Waals surface area contributed by atoms with Crippen LogP contribution in [0.15, 0.2) is 30.3 Å². The molecule has 4 nitrogen and oxygen atoms in total. The molecule has 0 saturated heterocycles. The summed E-state index contributed by atoms with van der Waals surface area (Å²) in [5.74, 6) is -0.396. The maximum absolute atomic E-state index is 11.6. The first-order chi connectivity index (χ1) is 9.13. The minimum Gasteiger partial charge on any atom is -0.368 e. The van der Waals surface area contributed by atoms with Crippen molar-refractivity contribution in [3.63, 3.8) is 0 Å². The highest BCUT2D eigenvalue weighted by Crippen LogP contribution is 2.35. The Labute approximate surface area is 122 Å². The lowest BCUT2D eigenvalue weighted by atomic mass is 10.1. The van der Waals surface area contributed by atoms with E-state index in [1.54, 1.807) is 0 Å². The molecular formula is C15H26N2O2Si. The molecule has 0 fully saturated rings. The van der Waals surface area contributed by atoms with E-state index in [4.69, 9.17) is 10.3 Å². The minimum atomic E-state index is -1.95. The third-order valence-electron chi connectivity index (χ3n) is 3.89. The number of primary amides is 1. The van der Waals surface area contributed by atoms with Gasteiger partial charge in [0.2, 0.25) is 14.2 Å². The monoisotopic (exact) mass is 294 g/mol. The normalized spacial score (nSPS) is 14.1. The van der Waals surface area contributed by atoms with Crippen LogP contribution in [0.4, 0.5) is 0 Å². The molecule has 0 aliphatic heterocycles. The van der Waals surface area contributed by atoms with Gasteiger partial charge in [0, 0.05) is 0 Å². The molecule has 0 aliphatic carbocycles. The molecule has 1 rings (SSSR count). The lowest BCUT2D eigenvalue weighted by molar-refractivity contribution is -0.122. The third-order valence-corrected chi connectivity index (χ3v) is 8.13. The van der Waals surface area contributed by atoms with Crippen LogP contribution in [-0.2, 0) is 15.7 Å². The number of amides is 1. The van der Waals surface area contributed by atoms with Gasteiger partial charge in [0.1, 0.15) is 6.04 Å². The predicted octanol–water partition coefficient (Wildman–Crippen LogP) is 2.61. The van der Waals surface area contributed by atoms with Crippen molar-refractivity contribution in [3.05, 3.63) is 35.9 Å². The first kappa shape index (κ1) is 16.9. The van der Waals surface area contributed by atoms with Gasteiger partial charge >= 0.3 is 0 Å². The summed E-state index contributed by atoms with van der Waals surface area (Å²) in [6.45, 7) is 10.7. The van der Waals surface area contributed by atoms with Gasteiger partial charge in [-0.15, -0.1) is 0 Å². The van der Waals surface area contributed by atoms with Gasteiger partial charge in [-0.05, 0) is 30.1 Å². The molecular weight excluding hydrogens is 268 g/mol. The van der Waals surface area contributed by atoms with Crippen LogP contribution >= 0.6 is 0 Å². The van der Waals surface area contributed by atoms with E-state index in [2.05, 4.69) is 39.3 Å². The molecule has 0 aromatic heterocycles. The second-order valence-electron chi connectivity index (χ2n) is 6.62. The van der Waals surface area contributed by atoms with E-state index in [1.165, 1.54) is 0 Å². The molecule has 20 heavy (non-hydrogen) atoms. The minimum absolute atomic E-state index is 0.0783. The van der Waals surface area contributed by atoms with Gasteiger partial charge in [-0.2, -0.15) is 0 Å². The van der Waals surface area contributed by atoms with Crippen LogP contribution in [0.2, 0.25) is 18.1 Å². The van der Waals surface area contributed by atoms with Crippen LogP contribution in [0.25, 0.3) is 0 Å². The maximum atomic E-state index is 11.6. The number of carbonyl (C=O) groups is 1. The van der Waals surface area contributed by atoms with E-state index in [0.717, 1.165) is 5.56 Å². The van der Waals surface area contributed by atoms with E-state index in [9.17, 15) is 4.79 Å². The average Bonchev–Trinajstić information content (AvgIpc) is 2.34. The van der Waals surface area contributed by atoms with Gasteiger partial charge < -0.3 is 10.3 Å². The van der Waals surface area contributed by atoms with Gasteiger partial charge in [0.05, 0.1) is 0 Å². The van der Waals surface area contributed by atoms with Gasteiger partial charge in [0.15, 0.2) is 0 Å². The molecule has 0 radical (unpaired) electrons. The Bertz CT molecular complexity index is 441. The van der Waals surface area contributed by atoms with Crippen molar-refractivity contribution in [2.75, 3.05) is 0 Å². The van der Waals surface area contributed by atoms with Crippen LogP contribution in [-0.4, -0.2) is 20.3 Å². The van der Waals surface area contributed by atoms with Crippen LogP contribution in [0.3, 0.4) is 0 Å². The summed E-state index contributed by atoms with van der Waals surface area (Å²) >= 11 is 0. The number of hydrogen-bond donors (Lipinski definition) is 2. The third kappa shape index (κ3) is 4.74. The molecule has 1 aromatic carbocycles. The van der Waals surface area contributed by atoms with E-state index in [0.29, 0.717) is 6.42 Å². The van der Waals surface area contributed by atoms with Crippen LogP contribution in [0.1, 0.15) is 26.3 Å². The molecule has 0 saturated carbocycles. The summed E-state index contributed by atoms with van der Waals surface area (Å²) in [5, 5.41) is 0.0783. The fourth-order valence-corrected chi connectivity index (χ4v) is 2.16. The number of hydroxylamine groups is 1. The van der Waals surface area contributed by atoms with Crippen LogP contribution < -0.4 is 11.2 Å². The molecule has 0 unspecified atom stereocenters. The lowest BCUT2D eigenvalue weighted by Gasteiger charge is -2.36. The van der Waals surface area contributed by atoms with Gasteiger partial charge in [-0.1, -0.05) is 51.1 Å². The highest BCUT2D eigenvalue weighted by Gasteiger charge is 2.38. The summed E-state index contributed by atoms with van der Waals surface area (Å²) in [6.07, 6.45) is 0.533. The average molecular weight is 294 g/mol.